The molecule has 0 spiro atoms. The average Bonchev–Trinajstić information content (AvgIpc) is 2.29. The van der Waals surface area contributed by atoms with Crippen LogP contribution in [-0.2, 0) is 4.79 Å². The first-order chi connectivity index (χ1) is 9.03. The molecule has 0 aromatic heterocycles. The second-order valence-corrected chi connectivity index (χ2v) is 11.2. The average molecular weight is 295 g/mol. The van der Waals surface area contributed by atoms with Crippen molar-refractivity contribution < 1.29 is 14.0 Å². The van der Waals surface area contributed by atoms with Crippen molar-refractivity contribution in [2.24, 2.45) is 5.73 Å². The number of hydrogen-bond donors (Lipinski definition) is 1. The van der Waals surface area contributed by atoms with E-state index >= 15 is 0 Å². The van der Waals surface area contributed by atoms with Gasteiger partial charge in [-0.2, -0.15) is 0 Å². The number of benzene rings is 1. The van der Waals surface area contributed by atoms with Gasteiger partial charge < -0.3 is 14.9 Å². The molecule has 1 aromatic rings. The van der Waals surface area contributed by atoms with Crippen molar-refractivity contribution in [2.75, 3.05) is 0 Å². The Morgan fingerprint density at radius 1 is 1.15 bits per heavy atom. The highest BCUT2D eigenvalue weighted by Crippen LogP contribution is 2.37. The van der Waals surface area contributed by atoms with Crippen LogP contribution in [0.2, 0.25) is 18.1 Å². The molecule has 0 aliphatic rings. The molecule has 5 heteroatoms. The summed E-state index contributed by atoms with van der Waals surface area (Å²) >= 11 is 0. The minimum Gasteiger partial charge on any atom is -0.543 e. The van der Waals surface area contributed by atoms with Crippen molar-refractivity contribution in [1.82, 2.24) is 0 Å². The first-order valence-electron chi connectivity index (χ1n) is 6.78. The van der Waals surface area contributed by atoms with Crippen molar-refractivity contribution in [3.8, 4) is 11.5 Å². The van der Waals surface area contributed by atoms with Crippen LogP contribution < -0.4 is 14.9 Å². The number of ether oxygens (including phenoxy) is 1. The molecule has 0 aliphatic heterocycles. The fourth-order valence-corrected chi connectivity index (χ4v) is 2.33. The van der Waals surface area contributed by atoms with Gasteiger partial charge in [-0.15, -0.1) is 0 Å². The van der Waals surface area contributed by atoms with Crippen LogP contribution in [-0.4, -0.2) is 20.3 Å². The maximum atomic E-state index is 10.9. The Hall–Kier alpha value is -1.49. The van der Waals surface area contributed by atoms with Gasteiger partial charge in [0.1, 0.15) is 11.5 Å². The van der Waals surface area contributed by atoms with Gasteiger partial charge in [-0.3, -0.25) is 4.79 Å². The Bertz CT molecular complexity index is 463. The van der Waals surface area contributed by atoms with Crippen molar-refractivity contribution >= 4 is 14.2 Å². The second kappa shape index (κ2) is 5.87. The van der Waals surface area contributed by atoms with E-state index in [0.29, 0.717) is 5.75 Å². The molecule has 0 radical (unpaired) electrons. The van der Waals surface area contributed by atoms with Gasteiger partial charge in [0.05, 0.1) is 0 Å². The van der Waals surface area contributed by atoms with Crippen molar-refractivity contribution in [3.63, 3.8) is 0 Å². The lowest BCUT2D eigenvalue weighted by atomic mass is 10.2. The molecular weight excluding hydrogens is 270 g/mol. The van der Waals surface area contributed by atoms with Crippen LogP contribution in [0.4, 0.5) is 0 Å². The summed E-state index contributed by atoms with van der Waals surface area (Å²) in [6, 6.07) is 7.32. The summed E-state index contributed by atoms with van der Waals surface area (Å²) in [6.45, 7) is 12.6. The van der Waals surface area contributed by atoms with Gasteiger partial charge in [0.25, 0.3) is 5.91 Å². The molecule has 2 N–H and O–H groups in total. The number of primary amides is 1. The third-order valence-corrected chi connectivity index (χ3v) is 8.07. The monoisotopic (exact) mass is 295 g/mol. The first-order valence-corrected chi connectivity index (χ1v) is 9.69. The molecule has 1 atom stereocenters. The van der Waals surface area contributed by atoms with Gasteiger partial charge in [-0.25, -0.2) is 0 Å². The molecule has 112 valence electrons. The smallest absolute Gasteiger partial charge is 0.258 e. The maximum absolute atomic E-state index is 10.9. The van der Waals surface area contributed by atoms with Gasteiger partial charge >= 0.3 is 0 Å². The van der Waals surface area contributed by atoms with Gasteiger partial charge in [0.15, 0.2) is 6.10 Å². The summed E-state index contributed by atoms with van der Waals surface area (Å²) in [6.07, 6.45) is -0.637. The van der Waals surface area contributed by atoms with Crippen LogP contribution in [0, 0.1) is 0 Å². The highest BCUT2D eigenvalue weighted by atomic mass is 28.4. The zero-order valence-electron chi connectivity index (χ0n) is 13.2. The number of carbonyl (C=O) groups is 1. The lowest BCUT2D eigenvalue weighted by Gasteiger charge is -2.36. The highest BCUT2D eigenvalue weighted by Gasteiger charge is 2.38. The summed E-state index contributed by atoms with van der Waals surface area (Å²) in [4.78, 5) is 10.9. The molecule has 0 saturated carbocycles. The summed E-state index contributed by atoms with van der Waals surface area (Å²) in [5.74, 6) is 0.959. The van der Waals surface area contributed by atoms with E-state index in [1.54, 1.807) is 19.1 Å². The molecule has 20 heavy (non-hydrogen) atoms. The van der Waals surface area contributed by atoms with Crippen molar-refractivity contribution in [3.05, 3.63) is 24.3 Å². The molecule has 4 nitrogen and oxygen atoms in total. The van der Waals surface area contributed by atoms with Crippen LogP contribution in [0.15, 0.2) is 24.3 Å². The van der Waals surface area contributed by atoms with E-state index in [-0.39, 0.29) is 5.04 Å². The lowest BCUT2D eigenvalue weighted by molar-refractivity contribution is -0.123. The molecule has 0 aliphatic carbocycles. The van der Waals surface area contributed by atoms with Gasteiger partial charge in [-0.1, -0.05) is 20.8 Å². The van der Waals surface area contributed by atoms with E-state index in [9.17, 15) is 4.79 Å². The Morgan fingerprint density at radius 3 is 2.00 bits per heavy atom. The lowest BCUT2D eigenvalue weighted by Crippen LogP contribution is -2.43. The number of amides is 1. The third kappa shape index (κ3) is 4.26. The standard InChI is InChI=1S/C15H25NO3Si/c1-11(14(16)17)18-12-7-9-13(10-8-12)19-20(5,6)15(2,3)4/h7-11H,1-6H3,(H2,16,17). The molecule has 1 unspecified atom stereocenters. The van der Waals surface area contributed by atoms with Crippen LogP contribution in [0.25, 0.3) is 0 Å². The van der Waals surface area contributed by atoms with E-state index in [4.69, 9.17) is 14.9 Å². The maximum Gasteiger partial charge on any atom is 0.258 e. The highest BCUT2D eigenvalue weighted by molar-refractivity contribution is 6.74. The molecule has 0 saturated heterocycles. The molecular formula is C15H25NO3Si. The Kier molecular flexibility index (Phi) is 4.86. The number of nitrogens with two attached hydrogens (primary N) is 1. The zero-order chi connectivity index (χ0) is 15.6. The first kappa shape index (κ1) is 16.6. The van der Waals surface area contributed by atoms with Crippen molar-refractivity contribution in [2.45, 2.75) is 51.9 Å². The number of rotatable bonds is 5. The third-order valence-electron chi connectivity index (χ3n) is 3.72. The fraction of sp³-hybridized carbons (Fsp3) is 0.533. The quantitative estimate of drug-likeness (QED) is 0.848. The molecule has 0 bridgehead atoms. The summed E-state index contributed by atoms with van der Waals surface area (Å²) in [7, 11) is -1.83. The van der Waals surface area contributed by atoms with Gasteiger partial charge in [0, 0.05) is 0 Å². The molecule has 1 aromatic carbocycles. The summed E-state index contributed by atoms with van der Waals surface area (Å²) in [5.41, 5.74) is 5.16. The topological polar surface area (TPSA) is 61.6 Å². The van der Waals surface area contributed by atoms with Gasteiger partial charge in [0.2, 0.25) is 8.32 Å². The molecule has 1 amide bonds. The van der Waals surface area contributed by atoms with E-state index in [0.717, 1.165) is 5.75 Å². The minimum atomic E-state index is -1.83. The van der Waals surface area contributed by atoms with Gasteiger partial charge in [-0.05, 0) is 49.3 Å². The SMILES string of the molecule is CC(Oc1ccc(O[Si](C)(C)C(C)(C)C)cc1)C(N)=O. The fourth-order valence-electron chi connectivity index (χ4n) is 1.30. The van der Waals surface area contributed by atoms with Crippen molar-refractivity contribution in [1.29, 1.82) is 0 Å². The minimum absolute atomic E-state index is 0.155. The predicted octanol–water partition coefficient (Wildman–Crippen LogP) is 3.32. The normalized spacial score (nSPS) is 13.7. The number of hydrogen-bond acceptors (Lipinski definition) is 3. The molecule has 1 rings (SSSR count). The van der Waals surface area contributed by atoms with E-state index in [2.05, 4.69) is 33.9 Å². The summed E-state index contributed by atoms with van der Waals surface area (Å²) in [5, 5.41) is 0.155. The van der Waals surface area contributed by atoms with E-state index < -0.39 is 20.3 Å². The summed E-state index contributed by atoms with van der Waals surface area (Å²) < 4.78 is 11.6. The Morgan fingerprint density at radius 2 is 1.60 bits per heavy atom. The molecule has 0 fully saturated rings. The van der Waals surface area contributed by atoms with E-state index in [1.807, 2.05) is 12.1 Å². The molecule has 0 heterocycles. The number of carbonyl (C=O) groups excluding carboxylic acids is 1. The van der Waals surface area contributed by atoms with Crippen LogP contribution in [0.1, 0.15) is 27.7 Å². The van der Waals surface area contributed by atoms with E-state index in [1.165, 1.54) is 0 Å². The van der Waals surface area contributed by atoms with Crippen LogP contribution >= 0.6 is 0 Å². The van der Waals surface area contributed by atoms with Crippen LogP contribution in [0.5, 0.6) is 11.5 Å². The van der Waals surface area contributed by atoms with Crippen LogP contribution in [0.3, 0.4) is 0 Å². The Labute approximate surface area is 122 Å². The zero-order valence-corrected chi connectivity index (χ0v) is 14.2. The predicted molar refractivity (Wildman–Crippen MR) is 83.6 cm³/mol. The Balaban J connectivity index is 2.75. The second-order valence-electron chi connectivity index (χ2n) is 6.50. The largest absolute Gasteiger partial charge is 0.543 e.